The Balaban J connectivity index is 1.50. The fourth-order valence-corrected chi connectivity index (χ4v) is 3.28. The molecule has 0 aliphatic heterocycles. The summed E-state index contributed by atoms with van der Waals surface area (Å²) in [6.45, 7) is 0. The van der Waals surface area contributed by atoms with Gasteiger partial charge in [-0.1, -0.05) is 78.9 Å². The normalized spacial score (nSPS) is 13.0. The molecule has 2 nitrogen and oxygen atoms in total. The number of fused-ring (bicyclic) bond motifs is 1. The first kappa shape index (κ1) is 16.2. The maximum atomic E-state index is 12.4. The minimum atomic E-state index is -0.182. The molecule has 0 saturated carbocycles. The van der Waals surface area contributed by atoms with Crippen LogP contribution in [0.1, 0.15) is 37.4 Å². The molecule has 0 unspecified atom stereocenters. The molecule has 0 N–H and O–H groups in total. The van der Waals surface area contributed by atoms with E-state index in [4.69, 9.17) is 0 Å². The number of rotatable bonds is 4. The highest BCUT2D eigenvalue weighted by Gasteiger charge is 2.32. The van der Waals surface area contributed by atoms with Crippen LogP contribution in [0.25, 0.3) is 6.08 Å². The molecule has 0 bridgehead atoms. The lowest BCUT2D eigenvalue weighted by Crippen LogP contribution is -2.00. The van der Waals surface area contributed by atoms with E-state index in [0.29, 0.717) is 11.1 Å². The zero-order chi connectivity index (χ0) is 17.9. The second kappa shape index (κ2) is 6.93. The number of carbonyl (C=O) groups excluding carboxylic acids is 2. The number of carbonyl (C=O) groups is 2. The van der Waals surface area contributed by atoms with Gasteiger partial charge < -0.3 is 0 Å². The number of hydrogen-bond donors (Lipinski definition) is 0. The van der Waals surface area contributed by atoms with E-state index in [-0.39, 0.29) is 17.1 Å². The molecule has 0 saturated heterocycles. The van der Waals surface area contributed by atoms with Gasteiger partial charge in [-0.25, -0.2) is 0 Å². The molecule has 0 amide bonds. The second-order valence-electron chi connectivity index (χ2n) is 6.49. The molecule has 0 radical (unpaired) electrons. The maximum absolute atomic E-state index is 12.4. The quantitative estimate of drug-likeness (QED) is 0.499. The number of benzene rings is 3. The molecule has 126 valence electrons. The summed E-state index contributed by atoms with van der Waals surface area (Å²) >= 11 is 0. The zero-order valence-electron chi connectivity index (χ0n) is 14.3. The van der Waals surface area contributed by atoms with Crippen LogP contribution in [0.3, 0.4) is 0 Å². The number of aryl methyl sites for hydroxylation is 2. The van der Waals surface area contributed by atoms with E-state index >= 15 is 0 Å². The summed E-state index contributed by atoms with van der Waals surface area (Å²) < 4.78 is 0. The topological polar surface area (TPSA) is 34.1 Å². The van der Waals surface area contributed by atoms with E-state index < -0.39 is 0 Å². The zero-order valence-corrected chi connectivity index (χ0v) is 14.3. The highest BCUT2D eigenvalue weighted by Crippen LogP contribution is 2.27. The lowest BCUT2D eigenvalue weighted by molar-refractivity contribution is 0.0990. The highest BCUT2D eigenvalue weighted by atomic mass is 16.2. The van der Waals surface area contributed by atoms with Gasteiger partial charge in [-0.2, -0.15) is 0 Å². The molecule has 3 aromatic rings. The number of Topliss-reactive ketones (excluding diaryl/α,β-unsaturated/α-hetero) is 2. The molecule has 1 aliphatic rings. The van der Waals surface area contributed by atoms with Gasteiger partial charge in [0, 0.05) is 11.1 Å². The van der Waals surface area contributed by atoms with E-state index in [1.165, 1.54) is 11.1 Å². The lowest BCUT2D eigenvalue weighted by atomic mass is 10.0. The minimum Gasteiger partial charge on any atom is -0.288 e. The lowest BCUT2D eigenvalue weighted by Gasteiger charge is -2.03. The van der Waals surface area contributed by atoms with Crippen LogP contribution in [0.5, 0.6) is 0 Å². The Bertz CT molecular complexity index is 959. The molecule has 0 spiro atoms. The third-order valence-corrected chi connectivity index (χ3v) is 4.74. The van der Waals surface area contributed by atoms with Crippen molar-refractivity contribution in [2.24, 2.45) is 0 Å². The first-order chi connectivity index (χ1) is 12.7. The Kier molecular flexibility index (Phi) is 4.32. The summed E-state index contributed by atoms with van der Waals surface area (Å²) in [5.74, 6) is -0.363. The van der Waals surface area contributed by atoms with Gasteiger partial charge in [-0.3, -0.25) is 9.59 Å². The van der Waals surface area contributed by atoms with Crippen LogP contribution in [0, 0.1) is 0 Å². The molecular weight excluding hydrogens is 320 g/mol. The monoisotopic (exact) mass is 338 g/mol. The molecule has 0 heterocycles. The summed E-state index contributed by atoms with van der Waals surface area (Å²) in [7, 11) is 0. The van der Waals surface area contributed by atoms with E-state index in [0.717, 1.165) is 18.4 Å². The molecule has 3 aromatic carbocycles. The first-order valence-corrected chi connectivity index (χ1v) is 8.75. The number of ketones is 2. The predicted octanol–water partition coefficient (Wildman–Crippen LogP) is 4.93. The predicted molar refractivity (Wildman–Crippen MR) is 103 cm³/mol. The summed E-state index contributed by atoms with van der Waals surface area (Å²) in [6.07, 6.45) is 3.66. The van der Waals surface area contributed by atoms with Crippen molar-refractivity contribution in [2.75, 3.05) is 0 Å². The van der Waals surface area contributed by atoms with Gasteiger partial charge in [0.2, 0.25) is 0 Å². The summed E-state index contributed by atoms with van der Waals surface area (Å²) in [4.78, 5) is 24.9. The Labute approximate surface area is 152 Å². The van der Waals surface area contributed by atoms with Gasteiger partial charge in [-0.05, 0) is 35.6 Å². The van der Waals surface area contributed by atoms with E-state index in [9.17, 15) is 9.59 Å². The van der Waals surface area contributed by atoms with Gasteiger partial charge in [0.1, 0.15) is 0 Å². The smallest absolute Gasteiger partial charge is 0.197 e. The van der Waals surface area contributed by atoms with Crippen molar-refractivity contribution < 1.29 is 9.59 Å². The van der Waals surface area contributed by atoms with E-state index in [1.807, 2.05) is 18.2 Å². The largest absolute Gasteiger partial charge is 0.288 e. The van der Waals surface area contributed by atoms with Crippen molar-refractivity contribution >= 4 is 17.6 Å². The average molecular weight is 338 g/mol. The van der Waals surface area contributed by atoms with Gasteiger partial charge in [-0.15, -0.1) is 0 Å². The Morgan fingerprint density at radius 1 is 0.577 bits per heavy atom. The molecule has 26 heavy (non-hydrogen) atoms. The van der Waals surface area contributed by atoms with Crippen molar-refractivity contribution in [1.82, 2.24) is 0 Å². The molecular formula is C24H18O2. The number of hydrogen-bond acceptors (Lipinski definition) is 2. The Hall–Kier alpha value is -3.26. The minimum absolute atomic E-state index is 0.182. The third kappa shape index (κ3) is 3.14. The molecule has 1 aliphatic carbocycles. The Morgan fingerprint density at radius 3 is 1.65 bits per heavy atom. The van der Waals surface area contributed by atoms with Gasteiger partial charge in [0.25, 0.3) is 0 Å². The van der Waals surface area contributed by atoms with Crippen LogP contribution in [-0.2, 0) is 12.8 Å². The average Bonchev–Trinajstić information content (AvgIpc) is 2.93. The van der Waals surface area contributed by atoms with Crippen LogP contribution < -0.4 is 0 Å². The van der Waals surface area contributed by atoms with Crippen molar-refractivity contribution in [3.8, 4) is 0 Å². The molecule has 2 heteroatoms. The molecule has 0 atom stereocenters. The molecule has 4 rings (SSSR count). The van der Waals surface area contributed by atoms with E-state index in [1.54, 1.807) is 30.3 Å². The highest BCUT2D eigenvalue weighted by molar-refractivity contribution is 6.41. The second-order valence-corrected chi connectivity index (χ2v) is 6.49. The first-order valence-electron chi connectivity index (χ1n) is 8.75. The summed E-state index contributed by atoms with van der Waals surface area (Å²) in [5, 5.41) is 0. The van der Waals surface area contributed by atoms with Crippen molar-refractivity contribution in [2.45, 2.75) is 12.8 Å². The van der Waals surface area contributed by atoms with Gasteiger partial charge in [0.15, 0.2) is 11.6 Å². The summed E-state index contributed by atoms with van der Waals surface area (Å²) in [6, 6.07) is 25.5. The van der Waals surface area contributed by atoms with E-state index in [2.05, 4.69) is 36.4 Å². The fraction of sp³-hybridized carbons (Fsp3) is 0.0833. The fourth-order valence-electron chi connectivity index (χ4n) is 3.28. The van der Waals surface area contributed by atoms with Crippen LogP contribution >= 0.6 is 0 Å². The van der Waals surface area contributed by atoms with Crippen LogP contribution in [0.15, 0.2) is 84.4 Å². The third-order valence-electron chi connectivity index (χ3n) is 4.74. The van der Waals surface area contributed by atoms with Gasteiger partial charge in [0.05, 0.1) is 5.57 Å². The van der Waals surface area contributed by atoms with Crippen molar-refractivity contribution in [1.29, 1.82) is 0 Å². The van der Waals surface area contributed by atoms with Crippen LogP contribution in [0.4, 0.5) is 0 Å². The van der Waals surface area contributed by atoms with Crippen LogP contribution in [0.2, 0.25) is 0 Å². The Morgan fingerprint density at radius 2 is 1.08 bits per heavy atom. The molecule has 0 aromatic heterocycles. The van der Waals surface area contributed by atoms with Crippen molar-refractivity contribution in [3.63, 3.8) is 0 Å². The standard InChI is InChI=1S/C24H18O2/c25-23-20-8-4-5-9-21(20)24(26)22(23)16-19-14-12-18(13-15-19)11-10-17-6-2-1-3-7-17/h1-9,12-16H,10-11H2. The number of allylic oxidation sites excluding steroid dienone is 1. The van der Waals surface area contributed by atoms with Crippen molar-refractivity contribution in [3.05, 3.63) is 112 Å². The maximum Gasteiger partial charge on any atom is 0.197 e. The molecule has 0 fully saturated rings. The van der Waals surface area contributed by atoms with Crippen LogP contribution in [-0.4, -0.2) is 11.6 Å². The van der Waals surface area contributed by atoms with Gasteiger partial charge >= 0.3 is 0 Å². The SMILES string of the molecule is O=C1C(=Cc2ccc(CCc3ccccc3)cc2)C(=O)c2ccccc21. The summed E-state index contributed by atoms with van der Waals surface area (Å²) in [5.41, 5.74) is 4.69.